The molecule has 0 bridgehead atoms. The van der Waals surface area contributed by atoms with Crippen LogP contribution in [0.1, 0.15) is 13.8 Å². The topological polar surface area (TPSA) is 35.6 Å². The van der Waals surface area contributed by atoms with Crippen LogP contribution in [0.2, 0.25) is 0 Å². The van der Waals surface area contributed by atoms with Gasteiger partial charge < -0.3 is 4.57 Å². The van der Waals surface area contributed by atoms with Crippen molar-refractivity contribution >= 4 is 44.9 Å². The van der Waals surface area contributed by atoms with E-state index in [2.05, 4.69) is 193 Å². The average molecular weight is 655 g/mol. The van der Waals surface area contributed by atoms with E-state index in [4.69, 9.17) is 9.97 Å². The molecule has 51 heavy (non-hydrogen) atoms. The number of rotatable bonds is 5. The molecule has 0 fully saturated rings. The molecule has 0 spiro atoms. The minimum absolute atomic E-state index is 0.162. The summed E-state index contributed by atoms with van der Waals surface area (Å²) in [4.78, 5) is 10.9. The van der Waals surface area contributed by atoms with Crippen LogP contribution in [0.25, 0.3) is 90.0 Å². The van der Waals surface area contributed by atoms with Crippen molar-refractivity contribution in [3.8, 4) is 45.1 Å². The van der Waals surface area contributed by atoms with Gasteiger partial charge in [0.2, 0.25) is 5.95 Å². The Morgan fingerprint density at radius 2 is 1.12 bits per heavy atom. The third-order valence-corrected chi connectivity index (χ3v) is 10.1. The first-order chi connectivity index (χ1) is 25.0. The molecule has 4 nitrogen and oxygen atoms in total. The summed E-state index contributed by atoms with van der Waals surface area (Å²) in [5.74, 6) is 0.670. The van der Waals surface area contributed by atoms with E-state index in [1.54, 1.807) is 0 Å². The number of fused-ring (bicyclic) bond motifs is 6. The summed E-state index contributed by atoms with van der Waals surface area (Å²) in [7, 11) is 0. The normalized spacial score (nSPS) is 13.4. The Morgan fingerprint density at radius 1 is 0.490 bits per heavy atom. The molecule has 6 aromatic carbocycles. The number of aromatic nitrogens is 4. The fourth-order valence-electron chi connectivity index (χ4n) is 7.87. The molecule has 9 aromatic rings. The van der Waals surface area contributed by atoms with Gasteiger partial charge in [0.1, 0.15) is 0 Å². The molecule has 0 amide bonds. The Morgan fingerprint density at radius 3 is 1.82 bits per heavy atom. The van der Waals surface area contributed by atoms with Crippen LogP contribution in [-0.4, -0.2) is 19.1 Å². The van der Waals surface area contributed by atoms with Gasteiger partial charge in [-0.05, 0) is 76.9 Å². The second-order valence-corrected chi connectivity index (χ2v) is 14.1. The molecule has 0 atom stereocenters. The van der Waals surface area contributed by atoms with Crippen molar-refractivity contribution in [3.63, 3.8) is 0 Å². The van der Waals surface area contributed by atoms with Crippen LogP contribution in [0, 0.1) is 5.41 Å². The highest BCUT2D eigenvalue weighted by molar-refractivity contribution is 6.18. The Bertz CT molecular complexity index is 2860. The third kappa shape index (κ3) is 4.83. The van der Waals surface area contributed by atoms with Gasteiger partial charge in [-0.25, -0.2) is 9.97 Å². The van der Waals surface area contributed by atoms with E-state index in [0.717, 1.165) is 60.6 Å². The van der Waals surface area contributed by atoms with Crippen LogP contribution in [-0.2, 0) is 0 Å². The zero-order valence-electron chi connectivity index (χ0n) is 28.5. The molecule has 0 saturated heterocycles. The van der Waals surface area contributed by atoms with Crippen LogP contribution in [0.5, 0.6) is 0 Å². The quantitative estimate of drug-likeness (QED) is 0.185. The van der Waals surface area contributed by atoms with Gasteiger partial charge in [-0.15, -0.1) is 0 Å². The molecule has 0 aliphatic heterocycles. The SMILES string of the molecule is CC1(C)C=c2nc(-n3c4ccccc4c4ccc5c(ccn5-c5ccccc5)c43)nc(-c3cc(-c4ccccc4)cc(-c4ccccc4)c3)c2=C1. The predicted octanol–water partition coefficient (Wildman–Crippen LogP) is 10.1. The van der Waals surface area contributed by atoms with Gasteiger partial charge in [0.15, 0.2) is 0 Å². The lowest BCUT2D eigenvalue weighted by atomic mass is 9.93. The van der Waals surface area contributed by atoms with Crippen LogP contribution >= 0.6 is 0 Å². The third-order valence-electron chi connectivity index (χ3n) is 10.1. The van der Waals surface area contributed by atoms with E-state index in [-0.39, 0.29) is 5.41 Å². The molecule has 0 N–H and O–H groups in total. The molecule has 3 heterocycles. The lowest BCUT2D eigenvalue weighted by Crippen LogP contribution is -2.30. The van der Waals surface area contributed by atoms with Gasteiger partial charge >= 0.3 is 0 Å². The first-order valence-corrected chi connectivity index (χ1v) is 17.5. The van der Waals surface area contributed by atoms with Crippen molar-refractivity contribution < 1.29 is 0 Å². The zero-order valence-corrected chi connectivity index (χ0v) is 28.5. The van der Waals surface area contributed by atoms with Gasteiger partial charge in [0.25, 0.3) is 0 Å². The monoisotopic (exact) mass is 654 g/mol. The van der Waals surface area contributed by atoms with E-state index in [0.29, 0.717) is 5.95 Å². The van der Waals surface area contributed by atoms with E-state index < -0.39 is 0 Å². The molecule has 242 valence electrons. The second kappa shape index (κ2) is 11.3. The fraction of sp³-hybridized carbons (Fsp3) is 0.0638. The van der Waals surface area contributed by atoms with Crippen molar-refractivity contribution in [3.05, 3.63) is 168 Å². The van der Waals surface area contributed by atoms with Crippen LogP contribution in [0.15, 0.2) is 158 Å². The van der Waals surface area contributed by atoms with Crippen LogP contribution < -0.4 is 10.6 Å². The van der Waals surface area contributed by atoms with Crippen molar-refractivity contribution in [2.24, 2.45) is 5.41 Å². The Labute approximate surface area is 295 Å². The van der Waals surface area contributed by atoms with E-state index in [1.807, 2.05) is 0 Å². The van der Waals surface area contributed by atoms with Crippen molar-refractivity contribution in [2.75, 3.05) is 0 Å². The Hall–Kier alpha value is -6.52. The number of hydrogen-bond acceptors (Lipinski definition) is 2. The molecule has 0 radical (unpaired) electrons. The molecule has 1 aliphatic carbocycles. The first kappa shape index (κ1) is 29.4. The lowest BCUT2D eigenvalue weighted by molar-refractivity contribution is 0.723. The van der Waals surface area contributed by atoms with Crippen LogP contribution in [0.3, 0.4) is 0 Å². The maximum Gasteiger partial charge on any atom is 0.235 e. The van der Waals surface area contributed by atoms with E-state index in [9.17, 15) is 0 Å². The van der Waals surface area contributed by atoms with E-state index >= 15 is 0 Å². The molecule has 0 saturated carbocycles. The summed E-state index contributed by atoms with van der Waals surface area (Å²) >= 11 is 0. The number of para-hydroxylation sites is 2. The maximum absolute atomic E-state index is 5.56. The van der Waals surface area contributed by atoms with Gasteiger partial charge in [-0.2, -0.15) is 0 Å². The minimum Gasteiger partial charge on any atom is -0.316 e. The van der Waals surface area contributed by atoms with Crippen molar-refractivity contribution in [1.29, 1.82) is 0 Å². The summed E-state index contributed by atoms with van der Waals surface area (Å²) < 4.78 is 4.54. The fourth-order valence-corrected chi connectivity index (χ4v) is 7.87. The van der Waals surface area contributed by atoms with E-state index in [1.165, 1.54) is 21.9 Å². The second-order valence-electron chi connectivity index (χ2n) is 14.1. The standard InChI is InChI=1S/C47H34N4/c1-47(2)29-40-41(30-47)48-46(49-44(40)35-27-33(31-14-6-3-7-15-31)26-34(28-35)32-16-8-4-9-17-32)51-43-21-13-12-20-37(43)38-22-23-42-39(45(38)51)24-25-50(42)36-18-10-5-11-19-36/h3-30H,1-2H3. The highest BCUT2D eigenvalue weighted by atomic mass is 15.2. The Kier molecular flexibility index (Phi) is 6.49. The molecular formula is C47H34N4. The van der Waals surface area contributed by atoms with Crippen molar-refractivity contribution in [1.82, 2.24) is 19.1 Å². The van der Waals surface area contributed by atoms with Gasteiger partial charge in [0, 0.05) is 44.2 Å². The number of hydrogen-bond donors (Lipinski definition) is 0. The largest absolute Gasteiger partial charge is 0.316 e. The molecule has 10 rings (SSSR count). The highest BCUT2D eigenvalue weighted by Gasteiger charge is 2.24. The number of benzene rings is 6. The van der Waals surface area contributed by atoms with Gasteiger partial charge in [0.05, 0.1) is 27.6 Å². The predicted molar refractivity (Wildman–Crippen MR) is 211 cm³/mol. The molecule has 0 unspecified atom stereocenters. The summed E-state index contributed by atoms with van der Waals surface area (Å²) in [5.41, 5.74) is 11.0. The molecule has 4 heteroatoms. The molecule has 1 aliphatic rings. The highest BCUT2D eigenvalue weighted by Crippen LogP contribution is 2.38. The number of nitrogens with zero attached hydrogens (tertiary/aromatic N) is 4. The van der Waals surface area contributed by atoms with Gasteiger partial charge in [-0.1, -0.05) is 123 Å². The molecular weight excluding hydrogens is 621 g/mol. The van der Waals surface area contributed by atoms with Crippen molar-refractivity contribution in [2.45, 2.75) is 13.8 Å². The average Bonchev–Trinajstić information content (AvgIpc) is 3.85. The minimum atomic E-state index is -0.162. The summed E-state index contributed by atoms with van der Waals surface area (Å²) in [6.45, 7) is 4.48. The van der Waals surface area contributed by atoms with Gasteiger partial charge in [-0.3, -0.25) is 4.57 Å². The zero-order chi connectivity index (χ0) is 34.1. The first-order valence-electron chi connectivity index (χ1n) is 17.5. The summed E-state index contributed by atoms with van der Waals surface area (Å²) in [5, 5.41) is 5.57. The van der Waals surface area contributed by atoms with Crippen LogP contribution in [0.4, 0.5) is 0 Å². The summed E-state index contributed by atoms with van der Waals surface area (Å²) in [6, 6.07) is 54.0. The Balaban J connectivity index is 1.29. The smallest absolute Gasteiger partial charge is 0.235 e. The lowest BCUT2D eigenvalue weighted by Gasteiger charge is -2.13. The maximum atomic E-state index is 5.56. The summed E-state index contributed by atoms with van der Waals surface area (Å²) in [6.07, 6.45) is 6.77. The molecule has 3 aromatic heterocycles.